The average Bonchev–Trinajstić information content (AvgIpc) is 3.10. The molecule has 0 radical (unpaired) electrons. The maximum atomic E-state index is 14.6. The number of aliphatic hydroxyl groups is 1. The molecule has 12 heteroatoms. The van der Waals surface area contributed by atoms with E-state index in [2.05, 4.69) is 4.72 Å². The number of alkyl halides is 3. The molecule has 2 bridgehead atoms. The van der Waals surface area contributed by atoms with E-state index in [0.29, 0.717) is 36.0 Å². The van der Waals surface area contributed by atoms with Gasteiger partial charge in [-0.1, -0.05) is 30.7 Å². The molecule has 0 aromatic heterocycles. The molecule has 4 aliphatic rings. The molecule has 1 fully saturated rings. The van der Waals surface area contributed by atoms with Crippen LogP contribution in [0.1, 0.15) is 67.4 Å². The summed E-state index contributed by atoms with van der Waals surface area (Å²) < 4.78 is 78.7. The SMILES string of the molecule is C[C@@H]1[C@@H](C)C/C=C\[C@](O)(C(F)(F)F)[C@@H]2CC[C@H]2CN2C[C@@]3(CCCc4cc(Cl)ccc43)COc3ccc(cc32)C(=O)NS1(=O)=O. The Labute approximate surface area is 266 Å². The number of ether oxygens (including phenoxy) is 1. The second-order valence-electron chi connectivity index (χ2n) is 13.4. The summed E-state index contributed by atoms with van der Waals surface area (Å²) in [5.41, 5.74) is -0.795. The van der Waals surface area contributed by atoms with Crippen molar-refractivity contribution in [2.75, 3.05) is 24.6 Å². The molecule has 2 aliphatic carbocycles. The van der Waals surface area contributed by atoms with Gasteiger partial charge in [0.05, 0.1) is 17.5 Å². The molecule has 2 aromatic carbocycles. The largest absolute Gasteiger partial charge is 0.490 e. The van der Waals surface area contributed by atoms with Crippen LogP contribution in [0.3, 0.4) is 0 Å². The lowest BCUT2D eigenvalue weighted by Gasteiger charge is -2.49. The Morgan fingerprint density at radius 3 is 2.62 bits per heavy atom. The average molecular weight is 667 g/mol. The Kier molecular flexibility index (Phi) is 8.22. The number of halogens is 4. The maximum Gasteiger partial charge on any atom is 0.421 e. The molecule has 6 atom stereocenters. The molecular formula is C33H38ClF3N2O5S. The molecule has 2 aromatic rings. The van der Waals surface area contributed by atoms with Crippen molar-refractivity contribution in [1.82, 2.24) is 4.72 Å². The molecule has 2 heterocycles. The van der Waals surface area contributed by atoms with Crippen LogP contribution in [0.5, 0.6) is 5.75 Å². The topological polar surface area (TPSA) is 95.9 Å². The van der Waals surface area contributed by atoms with Crippen LogP contribution in [0.2, 0.25) is 5.02 Å². The third kappa shape index (κ3) is 5.73. The van der Waals surface area contributed by atoms with Crippen molar-refractivity contribution >= 4 is 33.2 Å². The van der Waals surface area contributed by atoms with Gasteiger partial charge in [-0.25, -0.2) is 13.1 Å². The van der Waals surface area contributed by atoms with E-state index in [-0.39, 0.29) is 24.9 Å². The molecule has 0 saturated heterocycles. The Hall–Kier alpha value is -2.76. The zero-order valence-corrected chi connectivity index (χ0v) is 26.8. The van der Waals surface area contributed by atoms with Crippen molar-refractivity contribution in [2.24, 2.45) is 17.8 Å². The lowest BCUT2D eigenvalue weighted by molar-refractivity contribution is -0.273. The first kappa shape index (κ1) is 32.2. The second-order valence-corrected chi connectivity index (χ2v) is 15.8. The number of rotatable bonds is 0. The maximum absolute atomic E-state index is 14.6. The van der Waals surface area contributed by atoms with E-state index in [9.17, 15) is 31.5 Å². The first-order valence-corrected chi connectivity index (χ1v) is 17.4. The molecule has 2 aliphatic heterocycles. The zero-order valence-electron chi connectivity index (χ0n) is 25.2. The molecule has 45 heavy (non-hydrogen) atoms. The van der Waals surface area contributed by atoms with Crippen LogP contribution in [0.25, 0.3) is 0 Å². The monoisotopic (exact) mass is 666 g/mol. The van der Waals surface area contributed by atoms with Crippen LogP contribution < -0.4 is 14.4 Å². The number of carbonyl (C=O) groups is 1. The number of benzene rings is 2. The second kappa shape index (κ2) is 11.5. The van der Waals surface area contributed by atoms with E-state index in [0.717, 1.165) is 36.5 Å². The highest BCUT2D eigenvalue weighted by Gasteiger charge is 2.61. The minimum atomic E-state index is -4.93. The lowest BCUT2D eigenvalue weighted by atomic mass is 9.63. The van der Waals surface area contributed by atoms with Crippen molar-refractivity contribution < 1.29 is 36.2 Å². The van der Waals surface area contributed by atoms with E-state index in [4.69, 9.17) is 16.3 Å². The Morgan fingerprint density at radius 1 is 1.13 bits per heavy atom. The van der Waals surface area contributed by atoms with Crippen LogP contribution in [-0.2, 0) is 21.9 Å². The summed E-state index contributed by atoms with van der Waals surface area (Å²) in [6, 6.07) is 10.5. The smallest absolute Gasteiger partial charge is 0.421 e. The molecule has 0 unspecified atom stereocenters. The number of amides is 1. The molecule has 6 rings (SSSR count). The Balaban J connectivity index is 1.47. The summed E-state index contributed by atoms with van der Waals surface area (Å²) >= 11 is 6.34. The molecule has 1 saturated carbocycles. The third-order valence-electron chi connectivity index (χ3n) is 10.6. The van der Waals surface area contributed by atoms with Gasteiger partial charge in [-0.2, -0.15) is 13.2 Å². The number of allylic oxidation sites excluding steroid dienone is 1. The van der Waals surface area contributed by atoms with Crippen molar-refractivity contribution in [3.05, 3.63) is 70.3 Å². The summed E-state index contributed by atoms with van der Waals surface area (Å²) in [4.78, 5) is 15.3. The van der Waals surface area contributed by atoms with Crippen LogP contribution in [-0.4, -0.2) is 56.2 Å². The minimum absolute atomic E-state index is 0.0275. The fourth-order valence-electron chi connectivity index (χ4n) is 7.57. The number of nitrogens with one attached hydrogen (secondary N) is 1. The van der Waals surface area contributed by atoms with Gasteiger partial charge in [0.15, 0.2) is 5.60 Å². The molecular weight excluding hydrogens is 629 g/mol. The van der Waals surface area contributed by atoms with Crippen LogP contribution >= 0.6 is 11.6 Å². The van der Waals surface area contributed by atoms with Gasteiger partial charge in [-0.15, -0.1) is 0 Å². The Bertz CT molecular complexity index is 1630. The van der Waals surface area contributed by atoms with Gasteiger partial charge in [0.2, 0.25) is 10.0 Å². The van der Waals surface area contributed by atoms with Gasteiger partial charge in [0.25, 0.3) is 5.91 Å². The minimum Gasteiger partial charge on any atom is -0.490 e. The van der Waals surface area contributed by atoms with Gasteiger partial charge < -0.3 is 14.7 Å². The predicted octanol–water partition coefficient (Wildman–Crippen LogP) is 6.18. The van der Waals surface area contributed by atoms with Gasteiger partial charge in [0.1, 0.15) is 5.75 Å². The van der Waals surface area contributed by atoms with Crippen LogP contribution in [0.4, 0.5) is 18.9 Å². The van der Waals surface area contributed by atoms with Gasteiger partial charge in [-0.05, 0) is 105 Å². The number of anilines is 1. The molecule has 244 valence electrons. The highest BCUT2D eigenvalue weighted by molar-refractivity contribution is 7.90. The number of hydrogen-bond donors (Lipinski definition) is 2. The molecule has 1 spiro atoms. The van der Waals surface area contributed by atoms with Crippen LogP contribution in [0, 0.1) is 17.8 Å². The zero-order chi connectivity index (χ0) is 32.4. The summed E-state index contributed by atoms with van der Waals surface area (Å²) in [5.74, 6) is -2.55. The van der Waals surface area contributed by atoms with E-state index >= 15 is 0 Å². The number of sulfonamides is 1. The summed E-state index contributed by atoms with van der Waals surface area (Å²) in [6.45, 7) is 3.90. The fraction of sp³-hybridized carbons (Fsp3) is 0.545. The first-order valence-electron chi connectivity index (χ1n) is 15.5. The van der Waals surface area contributed by atoms with E-state index < -0.39 is 56.1 Å². The summed E-state index contributed by atoms with van der Waals surface area (Å²) in [7, 11) is -4.18. The first-order chi connectivity index (χ1) is 21.1. The van der Waals surface area contributed by atoms with Crippen molar-refractivity contribution in [3.8, 4) is 5.75 Å². The number of fused-ring (bicyclic) bond motifs is 4. The van der Waals surface area contributed by atoms with E-state index in [1.165, 1.54) is 19.1 Å². The third-order valence-corrected chi connectivity index (χ3v) is 12.7. The highest BCUT2D eigenvalue weighted by Crippen LogP contribution is 2.52. The standard InChI is InChI=1S/C33H38ClF3N2O5S/c1-20-5-3-14-32(41,33(35,36)37)27-10-7-24(27)17-39-18-31(13-4-6-22-15-25(34)9-11-26(22)31)19-44-29-12-8-23(16-28(29)39)30(40)38-45(42,43)21(20)2/h3,8-9,11-12,14-16,20-21,24,27,41H,4-7,10,13,17-19H2,1-2H3,(H,38,40)/b14-3-/t20-,21+,24-,27+,31-,32+/m0/s1. The Morgan fingerprint density at radius 2 is 1.91 bits per heavy atom. The number of carbonyl (C=O) groups excluding carboxylic acids is 1. The number of nitrogens with zero attached hydrogens (tertiary/aromatic N) is 1. The van der Waals surface area contributed by atoms with Crippen molar-refractivity contribution in [1.29, 1.82) is 0 Å². The van der Waals surface area contributed by atoms with Gasteiger partial charge in [0, 0.05) is 35.0 Å². The van der Waals surface area contributed by atoms with Gasteiger partial charge in [-0.3, -0.25) is 4.79 Å². The van der Waals surface area contributed by atoms with E-state index in [1.807, 2.05) is 23.1 Å². The van der Waals surface area contributed by atoms with Crippen molar-refractivity contribution in [2.45, 2.75) is 74.8 Å². The van der Waals surface area contributed by atoms with E-state index in [1.54, 1.807) is 19.1 Å². The molecule has 2 N–H and O–H groups in total. The highest BCUT2D eigenvalue weighted by atomic mass is 35.5. The molecule has 7 nitrogen and oxygen atoms in total. The fourth-order valence-corrected chi connectivity index (χ4v) is 9.05. The summed E-state index contributed by atoms with van der Waals surface area (Å²) in [6.07, 6.45) is 0.257. The molecule has 1 amide bonds. The summed E-state index contributed by atoms with van der Waals surface area (Å²) in [5, 5.41) is 10.8. The van der Waals surface area contributed by atoms with Crippen LogP contribution in [0.15, 0.2) is 48.6 Å². The quantitative estimate of drug-likeness (QED) is 0.327. The van der Waals surface area contributed by atoms with Crippen molar-refractivity contribution in [3.63, 3.8) is 0 Å². The van der Waals surface area contributed by atoms with Gasteiger partial charge >= 0.3 is 6.18 Å². The predicted molar refractivity (Wildman–Crippen MR) is 166 cm³/mol. The number of aryl methyl sites for hydroxylation is 1. The number of hydrogen-bond acceptors (Lipinski definition) is 6. The normalized spacial score (nSPS) is 33.9. The lowest BCUT2D eigenvalue weighted by Crippen LogP contribution is -2.58.